The molecule has 0 aliphatic heterocycles. The summed E-state index contributed by atoms with van der Waals surface area (Å²) in [5.74, 6) is 1.03. The van der Waals surface area contributed by atoms with Crippen molar-refractivity contribution < 1.29 is 4.74 Å². The highest BCUT2D eigenvalue weighted by Gasteiger charge is 2.33. The van der Waals surface area contributed by atoms with Crippen molar-refractivity contribution in [3.63, 3.8) is 0 Å². The monoisotopic (exact) mass is 234 g/mol. The highest BCUT2D eigenvalue weighted by atomic mass is 16.5. The van der Waals surface area contributed by atoms with Gasteiger partial charge in [-0.1, -0.05) is 18.9 Å². The first-order chi connectivity index (χ1) is 8.29. The first kappa shape index (κ1) is 12.4. The maximum Gasteiger partial charge on any atom is 0.134 e. The molecule has 0 aromatic carbocycles. The molecule has 3 heteroatoms. The van der Waals surface area contributed by atoms with Crippen LogP contribution >= 0.6 is 0 Å². The molecule has 1 aromatic heterocycles. The normalized spacial score (nSPS) is 18.4. The molecule has 2 rings (SSSR count). The fraction of sp³-hybridized carbons (Fsp3) is 0.643. The number of imidazole rings is 1. The summed E-state index contributed by atoms with van der Waals surface area (Å²) < 4.78 is 7.43. The highest BCUT2D eigenvalue weighted by Crippen LogP contribution is 2.42. The molecule has 1 aromatic rings. The van der Waals surface area contributed by atoms with Crippen LogP contribution < -0.4 is 0 Å². The van der Waals surface area contributed by atoms with Crippen molar-refractivity contribution in [2.45, 2.75) is 45.3 Å². The zero-order chi connectivity index (χ0) is 12.1. The van der Waals surface area contributed by atoms with Crippen molar-refractivity contribution in [2.24, 2.45) is 5.41 Å². The molecule has 0 atom stereocenters. The molecule has 1 saturated carbocycles. The number of rotatable bonds is 6. The number of hydrogen-bond acceptors (Lipinski definition) is 2. The topological polar surface area (TPSA) is 27.1 Å². The Balaban J connectivity index is 2.11. The van der Waals surface area contributed by atoms with Crippen molar-refractivity contribution in [3.8, 4) is 0 Å². The third-order valence-corrected chi connectivity index (χ3v) is 3.82. The van der Waals surface area contributed by atoms with Gasteiger partial charge >= 0.3 is 0 Å². The molecule has 3 nitrogen and oxygen atoms in total. The van der Waals surface area contributed by atoms with E-state index in [0.29, 0.717) is 12.0 Å². The van der Waals surface area contributed by atoms with Crippen LogP contribution in [0.15, 0.2) is 25.0 Å². The highest BCUT2D eigenvalue weighted by molar-refractivity contribution is 4.96. The summed E-state index contributed by atoms with van der Waals surface area (Å²) in [6.07, 6.45) is 12.4. The van der Waals surface area contributed by atoms with Gasteiger partial charge < -0.3 is 9.30 Å². The maximum atomic E-state index is 5.18. The summed E-state index contributed by atoms with van der Waals surface area (Å²) in [5.41, 5.74) is 0.408. The number of allylic oxidation sites excluding steroid dienone is 1. The summed E-state index contributed by atoms with van der Waals surface area (Å²) in [6.45, 7) is 5.56. The Morgan fingerprint density at radius 3 is 2.94 bits per heavy atom. The lowest BCUT2D eigenvalue weighted by Gasteiger charge is -2.28. The lowest BCUT2D eigenvalue weighted by molar-refractivity contribution is 0.167. The van der Waals surface area contributed by atoms with Gasteiger partial charge in [0.05, 0.1) is 0 Å². The minimum absolute atomic E-state index is 0.408. The van der Waals surface area contributed by atoms with E-state index in [-0.39, 0.29) is 0 Å². The van der Waals surface area contributed by atoms with Crippen molar-refractivity contribution >= 4 is 0 Å². The van der Waals surface area contributed by atoms with Crippen LogP contribution in [-0.4, -0.2) is 16.7 Å². The molecule has 0 bridgehead atoms. The molecule has 0 radical (unpaired) electrons. The van der Waals surface area contributed by atoms with Crippen molar-refractivity contribution in [3.05, 3.63) is 30.9 Å². The van der Waals surface area contributed by atoms with E-state index in [2.05, 4.69) is 28.4 Å². The molecule has 94 valence electrons. The predicted octanol–water partition coefficient (Wildman–Crippen LogP) is 3.17. The van der Waals surface area contributed by atoms with Gasteiger partial charge in [-0.25, -0.2) is 4.98 Å². The third-order valence-electron chi connectivity index (χ3n) is 3.82. The second-order valence-electron chi connectivity index (χ2n) is 5.10. The maximum absolute atomic E-state index is 5.18. The lowest BCUT2D eigenvalue weighted by Crippen LogP contribution is -2.24. The molecule has 1 aliphatic carbocycles. The smallest absolute Gasteiger partial charge is 0.134 e. The van der Waals surface area contributed by atoms with Gasteiger partial charge in [0.25, 0.3) is 0 Å². The number of ether oxygens (including phenoxy) is 1. The van der Waals surface area contributed by atoms with Crippen LogP contribution in [0.25, 0.3) is 0 Å². The van der Waals surface area contributed by atoms with Crippen LogP contribution in [0.4, 0.5) is 0 Å². The first-order valence-corrected chi connectivity index (χ1v) is 6.39. The molecule has 0 unspecified atom stereocenters. The van der Waals surface area contributed by atoms with Crippen LogP contribution in [0.2, 0.25) is 0 Å². The Bertz CT molecular complexity index is 364. The largest absolute Gasteiger partial charge is 0.377 e. The van der Waals surface area contributed by atoms with Gasteiger partial charge in [-0.05, 0) is 24.7 Å². The molecular weight excluding hydrogens is 212 g/mol. The molecule has 0 saturated heterocycles. The van der Waals surface area contributed by atoms with E-state index in [9.17, 15) is 0 Å². The number of hydrogen-bond donors (Lipinski definition) is 0. The molecular formula is C14H22N2O. The fourth-order valence-electron chi connectivity index (χ4n) is 2.97. The van der Waals surface area contributed by atoms with Crippen LogP contribution in [0, 0.1) is 5.41 Å². The van der Waals surface area contributed by atoms with Gasteiger partial charge in [0, 0.05) is 26.0 Å². The SMILES string of the molecule is C=CCC1(Cn2ccnc2COC)CCCC1. The van der Waals surface area contributed by atoms with E-state index in [0.717, 1.165) is 18.8 Å². The standard InChI is InChI=1S/C14H22N2O/c1-3-6-14(7-4-5-8-14)12-16-10-9-15-13(16)11-17-2/h3,9-10H,1,4-8,11-12H2,2H3. The van der Waals surface area contributed by atoms with Crippen molar-refractivity contribution in [2.75, 3.05) is 7.11 Å². The predicted molar refractivity (Wildman–Crippen MR) is 68.7 cm³/mol. The Morgan fingerprint density at radius 1 is 1.53 bits per heavy atom. The van der Waals surface area contributed by atoms with Gasteiger partial charge in [-0.15, -0.1) is 6.58 Å². The summed E-state index contributed by atoms with van der Waals surface area (Å²) in [6, 6.07) is 0. The quantitative estimate of drug-likeness (QED) is 0.707. The van der Waals surface area contributed by atoms with Crippen LogP contribution in [-0.2, 0) is 17.9 Å². The average molecular weight is 234 g/mol. The molecule has 0 spiro atoms. The lowest BCUT2D eigenvalue weighted by atomic mass is 9.82. The van der Waals surface area contributed by atoms with Gasteiger partial charge in [0.1, 0.15) is 12.4 Å². The summed E-state index contributed by atoms with van der Waals surface area (Å²) in [5, 5.41) is 0. The number of aromatic nitrogens is 2. The Kier molecular flexibility index (Phi) is 4.00. The zero-order valence-corrected chi connectivity index (χ0v) is 10.7. The molecule has 1 aliphatic rings. The molecule has 1 fully saturated rings. The summed E-state index contributed by atoms with van der Waals surface area (Å²) in [4.78, 5) is 4.35. The van der Waals surface area contributed by atoms with Gasteiger partial charge in [-0.3, -0.25) is 0 Å². The Morgan fingerprint density at radius 2 is 2.29 bits per heavy atom. The van der Waals surface area contributed by atoms with Gasteiger partial charge in [0.15, 0.2) is 0 Å². The van der Waals surface area contributed by atoms with E-state index in [1.54, 1.807) is 7.11 Å². The molecule has 0 N–H and O–H groups in total. The van der Waals surface area contributed by atoms with E-state index < -0.39 is 0 Å². The molecule has 17 heavy (non-hydrogen) atoms. The third kappa shape index (κ3) is 2.78. The minimum Gasteiger partial charge on any atom is -0.377 e. The van der Waals surface area contributed by atoms with Gasteiger partial charge in [0.2, 0.25) is 0 Å². The van der Waals surface area contributed by atoms with Crippen molar-refractivity contribution in [1.82, 2.24) is 9.55 Å². The van der Waals surface area contributed by atoms with E-state index in [1.807, 2.05) is 6.20 Å². The van der Waals surface area contributed by atoms with Crippen LogP contribution in [0.5, 0.6) is 0 Å². The molecule has 0 amide bonds. The second kappa shape index (κ2) is 5.50. The van der Waals surface area contributed by atoms with Crippen LogP contribution in [0.3, 0.4) is 0 Å². The number of nitrogens with zero attached hydrogens (tertiary/aromatic N) is 2. The number of methoxy groups -OCH3 is 1. The first-order valence-electron chi connectivity index (χ1n) is 6.39. The molecule has 1 heterocycles. The van der Waals surface area contributed by atoms with E-state index >= 15 is 0 Å². The van der Waals surface area contributed by atoms with Gasteiger partial charge in [-0.2, -0.15) is 0 Å². The van der Waals surface area contributed by atoms with E-state index in [4.69, 9.17) is 4.74 Å². The minimum atomic E-state index is 0.408. The fourth-order valence-corrected chi connectivity index (χ4v) is 2.97. The Hall–Kier alpha value is -1.09. The zero-order valence-electron chi connectivity index (χ0n) is 10.7. The summed E-state index contributed by atoms with van der Waals surface area (Å²) >= 11 is 0. The second-order valence-corrected chi connectivity index (χ2v) is 5.10. The van der Waals surface area contributed by atoms with Crippen LogP contribution in [0.1, 0.15) is 37.9 Å². The average Bonchev–Trinajstić information content (AvgIpc) is 2.92. The van der Waals surface area contributed by atoms with E-state index in [1.165, 1.54) is 25.7 Å². The van der Waals surface area contributed by atoms with Crippen molar-refractivity contribution in [1.29, 1.82) is 0 Å². The summed E-state index contributed by atoms with van der Waals surface area (Å²) in [7, 11) is 1.72. The Labute approximate surface area is 104 Å².